The van der Waals surface area contributed by atoms with Crippen LogP contribution < -0.4 is 5.32 Å². The third-order valence-corrected chi connectivity index (χ3v) is 2.82. The Morgan fingerprint density at radius 2 is 2.11 bits per heavy atom. The maximum atomic E-state index is 11.9. The molecule has 4 heteroatoms. The summed E-state index contributed by atoms with van der Waals surface area (Å²) in [5.74, 6) is -0.0380. The number of amides is 1. The summed E-state index contributed by atoms with van der Waals surface area (Å²) in [5, 5.41) is 2.89. The molecule has 0 bridgehead atoms. The highest BCUT2D eigenvalue weighted by atomic mass is 79.9. The van der Waals surface area contributed by atoms with Crippen molar-refractivity contribution in [1.29, 1.82) is 0 Å². The number of benzene rings is 1. The highest BCUT2D eigenvalue weighted by Crippen LogP contribution is 2.15. The Bertz CT molecular complexity index is 385. The molecule has 1 aromatic carbocycles. The van der Waals surface area contributed by atoms with Gasteiger partial charge in [0.1, 0.15) is 0 Å². The van der Waals surface area contributed by atoms with Gasteiger partial charge in [-0.25, -0.2) is 0 Å². The lowest BCUT2D eigenvalue weighted by molar-refractivity contribution is 0.0757. The Balaban J connectivity index is 2.36. The highest BCUT2D eigenvalue weighted by Gasteiger charge is 2.06. The third kappa shape index (κ3) is 5.65. The van der Waals surface area contributed by atoms with Crippen LogP contribution in [0.25, 0.3) is 0 Å². The maximum absolute atomic E-state index is 11.9. The first-order valence-electron chi connectivity index (χ1n) is 6.16. The maximum Gasteiger partial charge on any atom is 0.251 e. The van der Waals surface area contributed by atoms with E-state index in [-0.39, 0.29) is 12.0 Å². The first kappa shape index (κ1) is 15.2. The van der Waals surface area contributed by atoms with E-state index in [1.807, 2.05) is 39.0 Å². The third-order valence-electron chi connectivity index (χ3n) is 2.36. The Kier molecular flexibility index (Phi) is 6.36. The molecule has 0 saturated carbocycles. The second kappa shape index (κ2) is 7.54. The zero-order chi connectivity index (χ0) is 13.5. The van der Waals surface area contributed by atoms with Crippen LogP contribution in [0.15, 0.2) is 22.7 Å². The van der Waals surface area contributed by atoms with Crippen LogP contribution in [0.5, 0.6) is 0 Å². The monoisotopic (exact) mass is 313 g/mol. The molecular weight excluding hydrogens is 294 g/mol. The molecule has 0 saturated heterocycles. The molecule has 0 atom stereocenters. The van der Waals surface area contributed by atoms with Crippen molar-refractivity contribution >= 4 is 21.8 Å². The van der Waals surface area contributed by atoms with Crippen molar-refractivity contribution in [2.45, 2.75) is 33.3 Å². The van der Waals surface area contributed by atoms with Gasteiger partial charge in [0.2, 0.25) is 0 Å². The van der Waals surface area contributed by atoms with Crippen LogP contribution in [0.2, 0.25) is 0 Å². The van der Waals surface area contributed by atoms with Crippen LogP contribution in [0.3, 0.4) is 0 Å². The van der Waals surface area contributed by atoms with Crippen molar-refractivity contribution in [2.75, 3.05) is 13.2 Å². The van der Waals surface area contributed by atoms with Crippen molar-refractivity contribution < 1.29 is 9.53 Å². The lowest BCUT2D eigenvalue weighted by Gasteiger charge is -2.09. The summed E-state index contributed by atoms with van der Waals surface area (Å²) in [4.78, 5) is 11.9. The number of hydrogen-bond acceptors (Lipinski definition) is 2. The summed E-state index contributed by atoms with van der Waals surface area (Å²) >= 11 is 3.39. The van der Waals surface area contributed by atoms with E-state index in [0.717, 1.165) is 16.5 Å². The average molecular weight is 314 g/mol. The molecule has 1 aromatic rings. The van der Waals surface area contributed by atoms with E-state index in [9.17, 15) is 4.79 Å². The molecule has 0 aromatic heterocycles. The van der Waals surface area contributed by atoms with Crippen LogP contribution in [0, 0.1) is 6.92 Å². The van der Waals surface area contributed by atoms with Gasteiger partial charge < -0.3 is 10.1 Å². The molecule has 3 nitrogen and oxygen atoms in total. The van der Waals surface area contributed by atoms with Crippen LogP contribution in [-0.4, -0.2) is 25.2 Å². The standard InChI is InChI=1S/C14H20BrNO2/c1-10(2)18-6-4-5-16-14(17)12-7-11(3)8-13(15)9-12/h7-10H,4-6H2,1-3H3,(H,16,17). The van der Waals surface area contributed by atoms with Gasteiger partial charge in [0.15, 0.2) is 0 Å². The molecule has 0 fully saturated rings. The minimum Gasteiger partial charge on any atom is -0.379 e. The fourth-order valence-corrected chi connectivity index (χ4v) is 2.17. The molecule has 1 amide bonds. The summed E-state index contributed by atoms with van der Waals surface area (Å²) in [6.45, 7) is 7.29. The van der Waals surface area contributed by atoms with Crippen molar-refractivity contribution in [3.8, 4) is 0 Å². The summed E-state index contributed by atoms with van der Waals surface area (Å²) in [7, 11) is 0. The van der Waals surface area contributed by atoms with Crippen LogP contribution in [0.1, 0.15) is 36.2 Å². The summed E-state index contributed by atoms with van der Waals surface area (Å²) in [6.07, 6.45) is 1.07. The summed E-state index contributed by atoms with van der Waals surface area (Å²) < 4.78 is 6.34. The Labute approximate surface area is 117 Å². The Hall–Kier alpha value is -0.870. The zero-order valence-corrected chi connectivity index (χ0v) is 12.7. The van der Waals surface area contributed by atoms with Gasteiger partial charge in [-0.05, 0) is 51.0 Å². The SMILES string of the molecule is Cc1cc(Br)cc(C(=O)NCCCOC(C)C)c1. The topological polar surface area (TPSA) is 38.3 Å². The van der Waals surface area contributed by atoms with Gasteiger partial charge in [-0.15, -0.1) is 0 Å². The first-order chi connectivity index (χ1) is 8.49. The predicted octanol–water partition coefficient (Wildman–Crippen LogP) is 3.30. The van der Waals surface area contributed by atoms with E-state index in [4.69, 9.17) is 4.74 Å². The second-order valence-electron chi connectivity index (χ2n) is 4.55. The number of aryl methyl sites for hydroxylation is 1. The van der Waals surface area contributed by atoms with Gasteiger partial charge in [0, 0.05) is 23.2 Å². The van der Waals surface area contributed by atoms with Crippen molar-refractivity contribution in [3.05, 3.63) is 33.8 Å². The Morgan fingerprint density at radius 1 is 1.39 bits per heavy atom. The normalized spacial score (nSPS) is 10.7. The van der Waals surface area contributed by atoms with Crippen LogP contribution in [0.4, 0.5) is 0 Å². The lowest BCUT2D eigenvalue weighted by Crippen LogP contribution is -2.25. The molecule has 18 heavy (non-hydrogen) atoms. The average Bonchev–Trinajstić information content (AvgIpc) is 2.26. The largest absolute Gasteiger partial charge is 0.379 e. The van der Waals surface area contributed by atoms with E-state index in [1.54, 1.807) is 0 Å². The minimum absolute atomic E-state index is 0.0380. The van der Waals surface area contributed by atoms with E-state index in [2.05, 4.69) is 21.2 Å². The molecule has 0 aliphatic heterocycles. The number of halogens is 1. The van der Waals surface area contributed by atoms with E-state index < -0.39 is 0 Å². The molecule has 0 heterocycles. The van der Waals surface area contributed by atoms with Gasteiger partial charge in [-0.2, -0.15) is 0 Å². The molecule has 0 spiro atoms. The number of nitrogens with one attached hydrogen (secondary N) is 1. The quantitative estimate of drug-likeness (QED) is 0.818. The Morgan fingerprint density at radius 3 is 2.72 bits per heavy atom. The minimum atomic E-state index is -0.0380. The molecule has 100 valence electrons. The van der Waals surface area contributed by atoms with Crippen molar-refractivity contribution in [2.24, 2.45) is 0 Å². The van der Waals surface area contributed by atoms with Gasteiger partial charge in [0.05, 0.1) is 6.10 Å². The van der Waals surface area contributed by atoms with Gasteiger partial charge in [-0.3, -0.25) is 4.79 Å². The number of rotatable bonds is 6. The number of carbonyl (C=O) groups excluding carboxylic acids is 1. The number of ether oxygens (including phenoxy) is 1. The number of hydrogen-bond donors (Lipinski definition) is 1. The van der Waals surface area contributed by atoms with Crippen molar-refractivity contribution in [1.82, 2.24) is 5.32 Å². The summed E-state index contributed by atoms with van der Waals surface area (Å²) in [6, 6.07) is 5.69. The van der Waals surface area contributed by atoms with Gasteiger partial charge >= 0.3 is 0 Å². The van der Waals surface area contributed by atoms with E-state index >= 15 is 0 Å². The fourth-order valence-electron chi connectivity index (χ4n) is 1.56. The number of carbonyl (C=O) groups is 1. The summed E-state index contributed by atoms with van der Waals surface area (Å²) in [5.41, 5.74) is 1.75. The highest BCUT2D eigenvalue weighted by molar-refractivity contribution is 9.10. The molecule has 0 radical (unpaired) electrons. The van der Waals surface area contributed by atoms with Gasteiger partial charge in [0.25, 0.3) is 5.91 Å². The lowest BCUT2D eigenvalue weighted by atomic mass is 10.1. The molecule has 1 N–H and O–H groups in total. The fraction of sp³-hybridized carbons (Fsp3) is 0.500. The molecular formula is C14H20BrNO2. The van der Waals surface area contributed by atoms with Gasteiger partial charge in [-0.1, -0.05) is 15.9 Å². The molecule has 0 unspecified atom stereocenters. The van der Waals surface area contributed by atoms with Crippen LogP contribution in [-0.2, 0) is 4.74 Å². The molecule has 0 aliphatic rings. The van der Waals surface area contributed by atoms with Crippen molar-refractivity contribution in [3.63, 3.8) is 0 Å². The smallest absolute Gasteiger partial charge is 0.251 e. The van der Waals surface area contributed by atoms with Crippen LogP contribution >= 0.6 is 15.9 Å². The predicted molar refractivity (Wildman–Crippen MR) is 76.9 cm³/mol. The molecule has 1 rings (SSSR count). The molecule has 0 aliphatic carbocycles. The first-order valence-corrected chi connectivity index (χ1v) is 6.95. The zero-order valence-electron chi connectivity index (χ0n) is 11.1. The second-order valence-corrected chi connectivity index (χ2v) is 5.46. The van der Waals surface area contributed by atoms with E-state index in [1.165, 1.54) is 0 Å². The van der Waals surface area contributed by atoms with E-state index in [0.29, 0.717) is 18.7 Å².